The van der Waals surface area contributed by atoms with Crippen molar-refractivity contribution in [3.8, 4) is 17.1 Å². The van der Waals surface area contributed by atoms with Crippen LogP contribution >= 0.6 is 0 Å². The molecule has 5 rings (SSSR count). The molecule has 6 heteroatoms. The summed E-state index contributed by atoms with van der Waals surface area (Å²) >= 11 is 0. The maximum absolute atomic E-state index is 5.92. The number of nitrogen functional groups attached to an aromatic ring is 1. The van der Waals surface area contributed by atoms with Crippen LogP contribution in [0, 0.1) is 6.92 Å². The fraction of sp³-hybridized carbons (Fsp3) is 0.222. The number of hydrogen-bond donors (Lipinski definition) is 1. The highest BCUT2D eigenvalue weighted by Crippen LogP contribution is 2.35. The van der Waals surface area contributed by atoms with E-state index in [9.17, 15) is 0 Å². The molecule has 6 nitrogen and oxygen atoms in total. The highest BCUT2D eigenvalue weighted by Gasteiger charge is 2.20. The molecule has 0 aliphatic carbocycles. The maximum atomic E-state index is 5.92. The van der Waals surface area contributed by atoms with Crippen molar-refractivity contribution in [2.75, 3.05) is 12.3 Å². The number of hydrogen-bond acceptors (Lipinski definition) is 5. The molecule has 1 aliphatic heterocycles. The molecule has 2 aromatic carbocycles. The predicted octanol–water partition coefficient (Wildman–Crippen LogP) is 3.52. The number of aryl methyl sites for hydroxylation is 2. The molecule has 2 N–H and O–H groups in total. The van der Waals surface area contributed by atoms with Crippen LogP contribution < -0.4 is 10.5 Å². The van der Waals surface area contributed by atoms with Gasteiger partial charge in [-0.15, -0.1) is 0 Å². The van der Waals surface area contributed by atoms with E-state index >= 15 is 0 Å². The largest absolute Gasteiger partial charge is 0.491 e. The van der Waals surface area contributed by atoms with Gasteiger partial charge in [-0.25, -0.2) is 4.98 Å². The van der Waals surface area contributed by atoms with E-state index < -0.39 is 0 Å². The first kappa shape index (κ1) is 13.4. The van der Waals surface area contributed by atoms with Crippen molar-refractivity contribution in [3.05, 3.63) is 35.9 Å². The lowest BCUT2D eigenvalue weighted by molar-refractivity contribution is 0.315. The van der Waals surface area contributed by atoms with E-state index in [0.717, 1.165) is 58.8 Å². The van der Waals surface area contributed by atoms with Crippen LogP contribution in [0.4, 0.5) is 6.01 Å². The summed E-state index contributed by atoms with van der Waals surface area (Å²) in [5.74, 6) is 1.83. The number of aromatic nitrogens is 3. The van der Waals surface area contributed by atoms with Gasteiger partial charge in [0.25, 0.3) is 6.01 Å². The number of benzene rings is 2. The van der Waals surface area contributed by atoms with Crippen molar-refractivity contribution < 1.29 is 9.15 Å². The Bertz CT molecular complexity index is 1090. The minimum Gasteiger partial charge on any atom is -0.491 e. The van der Waals surface area contributed by atoms with Crippen molar-refractivity contribution in [2.45, 2.75) is 19.9 Å². The third-order valence-corrected chi connectivity index (χ3v) is 4.40. The summed E-state index contributed by atoms with van der Waals surface area (Å²) in [6.45, 7) is 3.66. The van der Waals surface area contributed by atoms with Gasteiger partial charge in [0.05, 0.1) is 12.1 Å². The minimum absolute atomic E-state index is 0.180. The van der Waals surface area contributed by atoms with E-state index in [4.69, 9.17) is 19.9 Å². The molecule has 120 valence electrons. The van der Waals surface area contributed by atoms with Gasteiger partial charge in [-0.1, -0.05) is 0 Å². The summed E-state index contributed by atoms with van der Waals surface area (Å²) in [5, 5.41) is 0. The molecule has 4 aromatic rings. The fourth-order valence-corrected chi connectivity index (χ4v) is 3.40. The zero-order chi connectivity index (χ0) is 16.3. The predicted molar refractivity (Wildman–Crippen MR) is 92.0 cm³/mol. The summed E-state index contributed by atoms with van der Waals surface area (Å²) in [5.41, 5.74) is 11.2. The van der Waals surface area contributed by atoms with Crippen molar-refractivity contribution in [2.24, 2.45) is 0 Å². The highest BCUT2D eigenvalue weighted by molar-refractivity contribution is 5.88. The standard InChI is InChI=1S/C18H16N4O2/c1-10-7-13-16-15(8-10)23-6-2-5-22(16)17(20-13)11-3-4-14-12(9-11)21-18(19)24-14/h3-4,7-9H,2,5-6H2,1H3,(H2,19,21). The SMILES string of the molecule is Cc1cc2c3c(c1)nc(-c1ccc4oc(N)nc4c1)n3CCCO2. The molecule has 0 saturated heterocycles. The van der Waals surface area contributed by atoms with Crippen molar-refractivity contribution in [1.82, 2.24) is 14.5 Å². The number of anilines is 1. The third kappa shape index (κ3) is 1.89. The average Bonchev–Trinajstić information content (AvgIpc) is 3.02. The molecule has 0 saturated carbocycles. The monoisotopic (exact) mass is 320 g/mol. The molecule has 0 unspecified atom stereocenters. The minimum atomic E-state index is 0.180. The number of nitrogens with two attached hydrogens (primary N) is 1. The van der Waals surface area contributed by atoms with Crippen LogP contribution in [0.3, 0.4) is 0 Å². The van der Waals surface area contributed by atoms with Crippen LogP contribution in [-0.2, 0) is 6.54 Å². The normalized spacial score (nSPS) is 14.0. The van der Waals surface area contributed by atoms with Crippen molar-refractivity contribution >= 4 is 28.1 Å². The number of fused-ring (bicyclic) bond motifs is 1. The van der Waals surface area contributed by atoms with E-state index in [0.29, 0.717) is 5.58 Å². The molecule has 0 spiro atoms. The Kier molecular flexibility index (Phi) is 2.65. The number of nitrogens with zero attached hydrogens (tertiary/aromatic N) is 3. The maximum Gasteiger partial charge on any atom is 0.292 e. The first-order chi connectivity index (χ1) is 11.7. The zero-order valence-corrected chi connectivity index (χ0v) is 13.2. The molecular weight excluding hydrogens is 304 g/mol. The Morgan fingerprint density at radius 3 is 2.96 bits per heavy atom. The van der Waals surface area contributed by atoms with Crippen molar-refractivity contribution in [3.63, 3.8) is 0 Å². The van der Waals surface area contributed by atoms with Gasteiger partial charge in [0.15, 0.2) is 5.58 Å². The second-order valence-corrected chi connectivity index (χ2v) is 6.15. The van der Waals surface area contributed by atoms with Gasteiger partial charge in [-0.3, -0.25) is 0 Å². The van der Waals surface area contributed by atoms with Crippen molar-refractivity contribution in [1.29, 1.82) is 0 Å². The van der Waals surface area contributed by atoms with Crippen LogP contribution in [0.5, 0.6) is 5.75 Å². The summed E-state index contributed by atoms with van der Waals surface area (Å²) in [6.07, 6.45) is 0.950. The quantitative estimate of drug-likeness (QED) is 0.580. The molecule has 2 aromatic heterocycles. The van der Waals surface area contributed by atoms with E-state index in [1.54, 1.807) is 0 Å². The van der Waals surface area contributed by atoms with Gasteiger partial charge in [-0.05, 0) is 49.2 Å². The lowest BCUT2D eigenvalue weighted by atomic mass is 10.2. The number of imidazole rings is 1. The topological polar surface area (TPSA) is 79.1 Å². The van der Waals surface area contributed by atoms with E-state index in [1.807, 2.05) is 18.2 Å². The van der Waals surface area contributed by atoms with Crippen LogP contribution in [0.25, 0.3) is 33.5 Å². The average molecular weight is 320 g/mol. The highest BCUT2D eigenvalue weighted by atomic mass is 16.5. The third-order valence-electron chi connectivity index (χ3n) is 4.40. The van der Waals surface area contributed by atoms with Gasteiger partial charge < -0.3 is 19.5 Å². The van der Waals surface area contributed by atoms with E-state index in [-0.39, 0.29) is 6.01 Å². The van der Waals surface area contributed by atoms with Gasteiger partial charge in [0, 0.05) is 12.1 Å². The molecule has 0 atom stereocenters. The molecular formula is C18H16N4O2. The smallest absolute Gasteiger partial charge is 0.292 e. The molecule has 0 amide bonds. The van der Waals surface area contributed by atoms with Gasteiger partial charge >= 0.3 is 0 Å². The fourth-order valence-electron chi connectivity index (χ4n) is 3.40. The van der Waals surface area contributed by atoms with Crippen LogP contribution in [0.1, 0.15) is 12.0 Å². The number of rotatable bonds is 1. The molecule has 0 fully saturated rings. The number of oxazole rings is 1. The first-order valence-electron chi connectivity index (χ1n) is 7.99. The lowest BCUT2D eigenvalue weighted by Crippen LogP contribution is -2.01. The second-order valence-electron chi connectivity index (χ2n) is 6.15. The Morgan fingerprint density at radius 1 is 1.12 bits per heavy atom. The Labute approximate surface area is 137 Å². The Hall–Kier alpha value is -3.02. The summed E-state index contributed by atoms with van der Waals surface area (Å²) in [7, 11) is 0. The molecule has 3 heterocycles. The summed E-state index contributed by atoms with van der Waals surface area (Å²) in [4.78, 5) is 9.09. The summed E-state index contributed by atoms with van der Waals surface area (Å²) < 4.78 is 13.5. The molecule has 0 radical (unpaired) electrons. The molecule has 24 heavy (non-hydrogen) atoms. The first-order valence-corrected chi connectivity index (χ1v) is 7.99. The van der Waals surface area contributed by atoms with Crippen LogP contribution in [-0.4, -0.2) is 21.1 Å². The molecule has 0 bridgehead atoms. The van der Waals surface area contributed by atoms with E-state index in [1.165, 1.54) is 0 Å². The van der Waals surface area contributed by atoms with Crippen LogP contribution in [0.2, 0.25) is 0 Å². The molecule has 1 aliphatic rings. The zero-order valence-electron chi connectivity index (χ0n) is 13.2. The Balaban J connectivity index is 1.79. The van der Waals surface area contributed by atoms with Gasteiger partial charge in [0.1, 0.15) is 22.6 Å². The van der Waals surface area contributed by atoms with Gasteiger partial charge in [0.2, 0.25) is 0 Å². The summed E-state index contributed by atoms with van der Waals surface area (Å²) in [6, 6.07) is 10.2. The lowest BCUT2D eigenvalue weighted by Gasteiger charge is -2.07. The van der Waals surface area contributed by atoms with Crippen LogP contribution in [0.15, 0.2) is 34.7 Å². The Morgan fingerprint density at radius 2 is 2.04 bits per heavy atom. The number of ether oxygens (including phenoxy) is 1. The van der Waals surface area contributed by atoms with E-state index in [2.05, 4.69) is 28.6 Å². The second kappa shape index (κ2) is 4.74. The van der Waals surface area contributed by atoms with Gasteiger partial charge in [-0.2, -0.15) is 4.98 Å².